The van der Waals surface area contributed by atoms with E-state index in [1.807, 2.05) is 12.1 Å². The van der Waals surface area contributed by atoms with Gasteiger partial charge in [-0.1, -0.05) is 265 Å². The third-order valence-electron chi connectivity index (χ3n) is 24.7. The van der Waals surface area contributed by atoms with Gasteiger partial charge in [0.1, 0.15) is 0 Å². The maximum absolute atomic E-state index is 8.14. The molecule has 2 aliphatic rings. The largest absolute Gasteiger partial charge is 0.309 e. The second-order valence-corrected chi connectivity index (χ2v) is 30.9. The van der Waals surface area contributed by atoms with E-state index < -0.39 is 6.85 Å². The molecule has 3 aromatic heterocycles. The second kappa shape index (κ2) is 24.3. The molecule has 0 spiro atoms. The van der Waals surface area contributed by atoms with Crippen molar-refractivity contribution in [2.24, 2.45) is 0 Å². The first-order valence-electron chi connectivity index (χ1n) is 40.3. The topological polar surface area (TPSA) is 14.8 Å². The highest BCUT2D eigenvalue weighted by Gasteiger charge is 2.29. The van der Waals surface area contributed by atoms with E-state index in [0.29, 0.717) is 5.56 Å². The fourth-order valence-electron chi connectivity index (χ4n) is 19.7. The molecule has 0 radical (unpaired) electrons. The van der Waals surface area contributed by atoms with Gasteiger partial charge in [-0.3, -0.25) is 0 Å². The second-order valence-electron chi connectivity index (χ2n) is 30.9. The Morgan fingerprint density at radius 1 is 0.198 bits per heavy atom. The molecule has 111 heavy (non-hydrogen) atoms. The number of nitrogens with zero attached hydrogens (tertiary/aromatic N) is 3. The zero-order chi connectivity index (χ0) is 75.9. The van der Waals surface area contributed by atoms with Crippen molar-refractivity contribution in [3.8, 4) is 72.7 Å². The molecular formula is C108H73N3. The van der Waals surface area contributed by atoms with Crippen LogP contribution in [0.15, 0.2) is 346 Å². The van der Waals surface area contributed by atoms with Crippen molar-refractivity contribution in [1.29, 1.82) is 0 Å². The first-order valence-corrected chi connectivity index (χ1v) is 38.8. The van der Waals surface area contributed by atoms with Crippen LogP contribution in [0.25, 0.3) is 203 Å². The fraction of sp³-hybridized carbons (Fsp3) is 0.0556. The molecular weight excluding hydrogens is 1340 g/mol. The Morgan fingerprint density at radius 2 is 0.505 bits per heavy atom. The van der Waals surface area contributed by atoms with Gasteiger partial charge in [-0.05, 0) is 280 Å². The fourth-order valence-corrected chi connectivity index (χ4v) is 19.7. The highest BCUT2D eigenvalue weighted by atomic mass is 15.0. The number of benzene rings is 19. The van der Waals surface area contributed by atoms with Crippen LogP contribution in [0.5, 0.6) is 0 Å². The summed E-state index contributed by atoms with van der Waals surface area (Å²) in [5.41, 5.74) is 32.9. The van der Waals surface area contributed by atoms with E-state index >= 15 is 0 Å². The molecule has 0 amide bonds. The smallest absolute Gasteiger partial charge is 0.0542 e. The van der Waals surface area contributed by atoms with Crippen LogP contribution in [0.3, 0.4) is 0 Å². The number of fused-ring (bicyclic) bond motifs is 27. The molecule has 0 unspecified atom stereocenters. The molecule has 0 fully saturated rings. The third-order valence-corrected chi connectivity index (χ3v) is 24.7. The lowest BCUT2D eigenvalue weighted by Gasteiger charge is -2.14. The lowest BCUT2D eigenvalue weighted by Crippen LogP contribution is -1.99. The van der Waals surface area contributed by atoms with Crippen LogP contribution in [0, 0.1) is 27.6 Å². The van der Waals surface area contributed by atoms with Crippen molar-refractivity contribution >= 4 is 130 Å². The first kappa shape index (κ1) is 60.2. The predicted octanol–water partition coefficient (Wildman–Crippen LogP) is 29.0. The summed E-state index contributed by atoms with van der Waals surface area (Å²) >= 11 is 0. The van der Waals surface area contributed by atoms with Crippen LogP contribution in [-0.4, -0.2) is 13.7 Å². The minimum absolute atomic E-state index is 0.355. The molecule has 24 rings (SSSR count). The number of aromatic nitrogens is 3. The number of hydrogen-bond acceptors (Lipinski definition) is 0. The average Bonchev–Trinajstić information content (AvgIpc) is 1.57. The highest BCUT2D eigenvalue weighted by molar-refractivity contribution is 6.27. The monoisotopic (exact) mass is 1410 g/mol. The van der Waals surface area contributed by atoms with E-state index in [2.05, 4.69) is 362 Å². The third kappa shape index (κ3) is 9.59. The molecule has 19 aromatic carbocycles. The normalized spacial score (nSPS) is 12.9. The van der Waals surface area contributed by atoms with Gasteiger partial charge < -0.3 is 13.7 Å². The number of aryl methyl sites for hydroxylation is 4. The number of hydrogen-bond donors (Lipinski definition) is 0. The van der Waals surface area contributed by atoms with Gasteiger partial charge in [0, 0.05) is 54.2 Å². The molecule has 0 N–H and O–H groups in total. The predicted molar refractivity (Wildman–Crippen MR) is 473 cm³/mol. The molecule has 0 saturated heterocycles. The van der Waals surface area contributed by atoms with Crippen LogP contribution in [-0.2, 0) is 12.8 Å². The summed E-state index contributed by atoms with van der Waals surface area (Å²) in [6.45, 7) is 4.26. The minimum atomic E-state index is -2.19. The molecule has 3 nitrogen and oxygen atoms in total. The van der Waals surface area contributed by atoms with Crippen LogP contribution in [0.2, 0.25) is 0 Å². The molecule has 3 heteroatoms. The summed E-state index contributed by atoms with van der Waals surface area (Å²) in [6.07, 6.45) is 1.75. The molecule has 0 bridgehead atoms. The molecule has 0 aliphatic heterocycles. The van der Waals surface area contributed by atoms with E-state index in [4.69, 9.17) is 4.11 Å². The SMILES string of the molecule is Cc1ccc2c(c1)c1cc(C)ccc1n2-c1ccc(-c2cccc3c2Cc2c(-c4ccc5c6ccccc6c6ccccc6c5c4)cccc2-3)cc1.[2H]C([2H])([2H])c1ccc2c(c1)c1cc(C)ccc1n2-c1ccc2c(c1)c1ccccc1n2-c1cccc2c1Cc1c(-c3ccc4c5ccccc5c5ccccc5c4c3)cccc1-2. The Morgan fingerprint density at radius 3 is 0.964 bits per heavy atom. The van der Waals surface area contributed by atoms with E-state index in [-0.39, 0.29) is 0 Å². The molecule has 0 atom stereocenters. The summed E-state index contributed by atoms with van der Waals surface area (Å²) in [5.74, 6) is 0. The standard InChI is InChI=1S/C57H38N2.C51H35N/c1-34-21-26-55-49(29-34)50-30-35(2)22-27-56(50)58(55)37-24-28-57-51(32-37)46-15-7-8-19-53(46)59(57)54-20-10-18-44-43-17-9-16-38(48(43)33-52(44)54)36-23-25-45-41-13-4-3-11-39(41)40-12-5-6-14-42(40)47(45)31-36;1-31-17-25-50-48(27-31)49-28-32(2)18-26-51(49)52(50)35-22-19-33(20-23-35)36-13-7-15-42-43-16-8-14-37(47(43)30-46(36)42)34-21-24-44-40-11-4-3-9-38(40)39-10-5-6-12-41(39)45(44)29-34/h3-32H,33H2,1-2H3;3-29H,30H2,1-2H3/i1D3;. The zero-order valence-electron chi connectivity index (χ0n) is 64.7. The molecule has 3 heterocycles. The van der Waals surface area contributed by atoms with Gasteiger partial charge in [0.2, 0.25) is 0 Å². The lowest BCUT2D eigenvalue weighted by atomic mass is 9.90. The van der Waals surface area contributed by atoms with Gasteiger partial charge in [-0.2, -0.15) is 0 Å². The highest BCUT2D eigenvalue weighted by Crippen LogP contribution is 2.50. The van der Waals surface area contributed by atoms with Crippen LogP contribution >= 0.6 is 0 Å². The minimum Gasteiger partial charge on any atom is -0.309 e. The van der Waals surface area contributed by atoms with Crippen molar-refractivity contribution in [1.82, 2.24) is 13.7 Å². The summed E-state index contributed by atoms with van der Waals surface area (Å²) in [7, 11) is 0. The molecule has 520 valence electrons. The zero-order valence-corrected chi connectivity index (χ0v) is 61.7. The van der Waals surface area contributed by atoms with Gasteiger partial charge in [0.05, 0.1) is 38.8 Å². The van der Waals surface area contributed by atoms with Crippen molar-refractivity contribution < 1.29 is 4.11 Å². The lowest BCUT2D eigenvalue weighted by molar-refractivity contribution is 1.12. The van der Waals surface area contributed by atoms with Crippen LogP contribution in [0.1, 0.15) is 48.6 Å². The Hall–Kier alpha value is -13.9. The summed E-state index contributed by atoms with van der Waals surface area (Å²) in [6, 6.07) is 127. The molecule has 22 aromatic rings. The molecule has 0 saturated carbocycles. The van der Waals surface area contributed by atoms with Crippen molar-refractivity contribution in [2.75, 3.05) is 0 Å². The average molecular weight is 1420 g/mol. The quantitative estimate of drug-likeness (QED) is 0.147. The van der Waals surface area contributed by atoms with Crippen LogP contribution < -0.4 is 0 Å². The van der Waals surface area contributed by atoms with Gasteiger partial charge in [0.15, 0.2) is 0 Å². The Balaban J connectivity index is 0.000000137. The van der Waals surface area contributed by atoms with Crippen molar-refractivity contribution in [2.45, 2.75) is 40.5 Å². The Bertz CT molecular complexity index is 7810. The van der Waals surface area contributed by atoms with Crippen molar-refractivity contribution in [3.05, 3.63) is 390 Å². The summed E-state index contributed by atoms with van der Waals surface area (Å²) in [4.78, 5) is 0. The van der Waals surface area contributed by atoms with Gasteiger partial charge in [-0.15, -0.1) is 0 Å². The molecule has 2 aliphatic carbocycles. The van der Waals surface area contributed by atoms with E-state index in [1.165, 1.54) is 198 Å². The van der Waals surface area contributed by atoms with Crippen molar-refractivity contribution in [3.63, 3.8) is 0 Å². The maximum Gasteiger partial charge on any atom is 0.0542 e. The first-order chi connectivity index (χ1) is 55.9. The van der Waals surface area contributed by atoms with Gasteiger partial charge in [-0.25, -0.2) is 0 Å². The van der Waals surface area contributed by atoms with Gasteiger partial charge >= 0.3 is 0 Å². The number of para-hydroxylation sites is 1. The van der Waals surface area contributed by atoms with E-state index in [1.54, 1.807) is 6.07 Å². The van der Waals surface area contributed by atoms with Crippen LogP contribution in [0.4, 0.5) is 0 Å². The summed E-state index contributed by atoms with van der Waals surface area (Å²) in [5, 5.41) is 22.6. The Kier molecular flexibility index (Phi) is 13.2. The van der Waals surface area contributed by atoms with E-state index in [0.717, 1.165) is 56.9 Å². The maximum atomic E-state index is 8.14. The van der Waals surface area contributed by atoms with Gasteiger partial charge in [0.25, 0.3) is 0 Å². The number of rotatable bonds is 6. The van der Waals surface area contributed by atoms with E-state index in [9.17, 15) is 0 Å². The Labute approximate surface area is 647 Å². The summed E-state index contributed by atoms with van der Waals surface area (Å²) < 4.78 is 31.6.